The number of benzene rings is 1. The smallest absolute Gasteiger partial charge is 0.163 e. The molecule has 1 heterocycles. The van der Waals surface area contributed by atoms with Crippen LogP contribution in [0.2, 0.25) is 0 Å². The van der Waals surface area contributed by atoms with Gasteiger partial charge >= 0.3 is 0 Å². The van der Waals surface area contributed by atoms with Gasteiger partial charge in [-0.15, -0.1) is 0 Å². The first-order valence-electron chi connectivity index (χ1n) is 5.61. The van der Waals surface area contributed by atoms with Crippen LogP contribution < -0.4 is 20.1 Å². The van der Waals surface area contributed by atoms with E-state index in [1.54, 1.807) is 13.2 Å². The summed E-state index contributed by atoms with van der Waals surface area (Å²) < 4.78 is 24.2. The Labute approximate surface area is 100 Å². The molecule has 0 spiro atoms. The zero-order valence-corrected chi connectivity index (χ0v) is 10.0. The van der Waals surface area contributed by atoms with E-state index >= 15 is 0 Å². The van der Waals surface area contributed by atoms with Gasteiger partial charge in [-0.2, -0.15) is 0 Å². The molecule has 0 aliphatic carbocycles. The van der Waals surface area contributed by atoms with Crippen molar-refractivity contribution in [2.24, 2.45) is 0 Å². The fourth-order valence-electron chi connectivity index (χ4n) is 2.01. The Morgan fingerprint density at radius 1 is 1.18 bits per heavy atom. The van der Waals surface area contributed by atoms with Gasteiger partial charge in [0.1, 0.15) is 5.82 Å². The van der Waals surface area contributed by atoms with Crippen LogP contribution >= 0.6 is 0 Å². The Kier molecular flexibility index (Phi) is 3.81. The molecule has 1 atom stereocenters. The maximum atomic E-state index is 13.9. The van der Waals surface area contributed by atoms with Crippen LogP contribution in [0.5, 0.6) is 11.5 Å². The molecule has 0 saturated carbocycles. The lowest BCUT2D eigenvalue weighted by Crippen LogP contribution is -2.42. The number of methoxy groups -OCH3 is 2. The van der Waals surface area contributed by atoms with Crippen molar-refractivity contribution in [2.45, 2.75) is 6.04 Å². The molecular formula is C12H17FN2O2. The Hall–Kier alpha value is -1.33. The maximum Gasteiger partial charge on any atom is 0.163 e. The molecular weight excluding hydrogens is 223 g/mol. The average Bonchev–Trinajstić information content (AvgIpc) is 2.39. The van der Waals surface area contributed by atoms with Gasteiger partial charge in [0, 0.05) is 37.3 Å². The van der Waals surface area contributed by atoms with Gasteiger partial charge in [0.2, 0.25) is 0 Å². The van der Waals surface area contributed by atoms with Crippen molar-refractivity contribution in [1.29, 1.82) is 0 Å². The lowest BCUT2D eigenvalue weighted by Gasteiger charge is -2.25. The molecule has 2 N–H and O–H groups in total. The Morgan fingerprint density at radius 3 is 2.47 bits per heavy atom. The topological polar surface area (TPSA) is 42.5 Å². The van der Waals surface area contributed by atoms with Crippen LogP contribution in [0.1, 0.15) is 11.6 Å². The highest BCUT2D eigenvalue weighted by Gasteiger charge is 2.20. The van der Waals surface area contributed by atoms with E-state index in [4.69, 9.17) is 9.47 Å². The van der Waals surface area contributed by atoms with E-state index < -0.39 is 0 Å². The second-order valence-corrected chi connectivity index (χ2v) is 3.94. The minimum absolute atomic E-state index is 0.0245. The molecule has 94 valence electrons. The molecule has 0 radical (unpaired) electrons. The molecule has 1 aliphatic heterocycles. The van der Waals surface area contributed by atoms with Crippen molar-refractivity contribution in [3.05, 3.63) is 23.5 Å². The summed E-state index contributed by atoms with van der Waals surface area (Å²) in [6.07, 6.45) is 0. The molecule has 17 heavy (non-hydrogen) atoms. The number of ether oxygens (including phenoxy) is 2. The molecule has 0 aromatic heterocycles. The summed E-state index contributed by atoms with van der Waals surface area (Å²) in [5.74, 6) is 0.692. The van der Waals surface area contributed by atoms with Crippen molar-refractivity contribution < 1.29 is 13.9 Å². The van der Waals surface area contributed by atoms with Crippen LogP contribution in [-0.4, -0.2) is 33.9 Å². The Balaban J connectivity index is 2.32. The minimum Gasteiger partial charge on any atom is -0.493 e. The van der Waals surface area contributed by atoms with Gasteiger partial charge in [-0.3, -0.25) is 0 Å². The normalized spacial score (nSPS) is 20.1. The van der Waals surface area contributed by atoms with Crippen LogP contribution in [0.15, 0.2) is 12.1 Å². The molecule has 5 heteroatoms. The first-order chi connectivity index (χ1) is 8.26. The van der Waals surface area contributed by atoms with Gasteiger partial charge in [-0.25, -0.2) is 4.39 Å². The molecule has 1 fully saturated rings. The van der Waals surface area contributed by atoms with Crippen LogP contribution in [0.25, 0.3) is 0 Å². The summed E-state index contributed by atoms with van der Waals surface area (Å²) in [5.41, 5.74) is 0.606. The summed E-state index contributed by atoms with van der Waals surface area (Å²) in [7, 11) is 3.05. The SMILES string of the molecule is COc1cc(F)c([C@H]2CNCCN2)cc1OC. The lowest BCUT2D eigenvalue weighted by atomic mass is 10.0. The molecule has 1 aliphatic rings. The van der Waals surface area contributed by atoms with Gasteiger partial charge in [0.05, 0.1) is 14.2 Å². The summed E-state index contributed by atoms with van der Waals surface area (Å²) in [5, 5.41) is 6.49. The molecule has 4 nitrogen and oxygen atoms in total. The Bertz CT molecular complexity index is 392. The van der Waals surface area contributed by atoms with Crippen LogP contribution in [0.3, 0.4) is 0 Å². The number of rotatable bonds is 3. The van der Waals surface area contributed by atoms with Crippen LogP contribution in [-0.2, 0) is 0 Å². The third-order valence-corrected chi connectivity index (χ3v) is 2.92. The molecule has 1 saturated heterocycles. The van der Waals surface area contributed by atoms with E-state index in [1.807, 2.05) is 0 Å². The van der Waals surface area contributed by atoms with Gasteiger partial charge in [0.15, 0.2) is 11.5 Å². The van der Waals surface area contributed by atoms with E-state index in [0.717, 1.165) is 13.1 Å². The summed E-state index contributed by atoms with van der Waals surface area (Å²) in [6, 6.07) is 3.03. The first-order valence-corrected chi connectivity index (χ1v) is 5.61. The van der Waals surface area contributed by atoms with E-state index in [0.29, 0.717) is 23.6 Å². The van der Waals surface area contributed by atoms with Crippen LogP contribution in [0, 0.1) is 5.82 Å². The van der Waals surface area contributed by atoms with Crippen molar-refractivity contribution in [3.8, 4) is 11.5 Å². The van der Waals surface area contributed by atoms with Gasteiger partial charge < -0.3 is 20.1 Å². The molecule has 1 aromatic carbocycles. The summed E-state index contributed by atoms with van der Waals surface area (Å²) >= 11 is 0. The second-order valence-electron chi connectivity index (χ2n) is 3.94. The van der Waals surface area contributed by atoms with Gasteiger partial charge in [-0.1, -0.05) is 0 Å². The highest BCUT2D eigenvalue weighted by atomic mass is 19.1. The highest BCUT2D eigenvalue weighted by molar-refractivity contribution is 5.44. The number of piperazine rings is 1. The average molecular weight is 240 g/mol. The highest BCUT2D eigenvalue weighted by Crippen LogP contribution is 2.32. The van der Waals surface area contributed by atoms with E-state index in [-0.39, 0.29) is 11.9 Å². The zero-order chi connectivity index (χ0) is 12.3. The third kappa shape index (κ3) is 2.50. The van der Waals surface area contributed by atoms with E-state index in [1.165, 1.54) is 13.2 Å². The summed E-state index contributed by atoms with van der Waals surface area (Å²) in [6.45, 7) is 2.45. The molecule has 1 aromatic rings. The van der Waals surface area contributed by atoms with E-state index in [9.17, 15) is 4.39 Å². The molecule has 0 unspecified atom stereocenters. The monoisotopic (exact) mass is 240 g/mol. The minimum atomic E-state index is -0.274. The second kappa shape index (κ2) is 5.33. The van der Waals surface area contributed by atoms with Crippen molar-refractivity contribution in [1.82, 2.24) is 10.6 Å². The maximum absolute atomic E-state index is 13.9. The summed E-state index contributed by atoms with van der Waals surface area (Å²) in [4.78, 5) is 0. The number of halogens is 1. The standard InChI is InChI=1S/C12H17FN2O2/c1-16-11-5-8(9(13)6-12(11)17-2)10-7-14-3-4-15-10/h5-6,10,14-15H,3-4,7H2,1-2H3/t10-/m1/s1. The lowest BCUT2D eigenvalue weighted by molar-refractivity contribution is 0.348. The third-order valence-electron chi connectivity index (χ3n) is 2.92. The van der Waals surface area contributed by atoms with Gasteiger partial charge in [0.25, 0.3) is 0 Å². The van der Waals surface area contributed by atoms with E-state index in [2.05, 4.69) is 10.6 Å². The largest absolute Gasteiger partial charge is 0.493 e. The number of nitrogens with one attached hydrogen (secondary N) is 2. The fraction of sp³-hybridized carbons (Fsp3) is 0.500. The Morgan fingerprint density at radius 2 is 1.88 bits per heavy atom. The number of hydrogen-bond acceptors (Lipinski definition) is 4. The fourth-order valence-corrected chi connectivity index (χ4v) is 2.01. The van der Waals surface area contributed by atoms with Gasteiger partial charge in [-0.05, 0) is 6.07 Å². The zero-order valence-electron chi connectivity index (χ0n) is 10.0. The molecule has 2 rings (SSSR count). The first kappa shape index (κ1) is 12.1. The quantitative estimate of drug-likeness (QED) is 0.829. The van der Waals surface area contributed by atoms with Crippen molar-refractivity contribution >= 4 is 0 Å². The van der Waals surface area contributed by atoms with Crippen LogP contribution in [0.4, 0.5) is 4.39 Å². The van der Waals surface area contributed by atoms with Crippen molar-refractivity contribution in [2.75, 3.05) is 33.9 Å². The molecule has 0 amide bonds. The molecule has 0 bridgehead atoms. The van der Waals surface area contributed by atoms with Crippen molar-refractivity contribution in [3.63, 3.8) is 0 Å². The predicted molar refractivity (Wildman–Crippen MR) is 63.1 cm³/mol. The predicted octanol–water partition coefficient (Wildman–Crippen LogP) is 1.08. The number of hydrogen-bond donors (Lipinski definition) is 2.